The zero-order valence-electron chi connectivity index (χ0n) is 11.8. The molecule has 1 fully saturated rings. The fourth-order valence-corrected chi connectivity index (χ4v) is 4.35. The summed E-state index contributed by atoms with van der Waals surface area (Å²) in [4.78, 5) is 3.68. The van der Waals surface area contributed by atoms with E-state index in [1.807, 2.05) is 0 Å². The van der Waals surface area contributed by atoms with Gasteiger partial charge in [0.15, 0.2) is 0 Å². The minimum absolute atomic E-state index is 0.0634. The third kappa shape index (κ3) is 2.24. The predicted molar refractivity (Wildman–Crippen MR) is 78.1 cm³/mol. The van der Waals surface area contributed by atoms with Gasteiger partial charge in [-0.3, -0.25) is 4.90 Å². The predicted octanol–water partition coefficient (Wildman–Crippen LogP) is 3.74. The first-order valence-electron chi connectivity index (χ1n) is 7.12. The lowest BCUT2D eigenvalue weighted by atomic mass is 9.83. The van der Waals surface area contributed by atoms with Crippen molar-refractivity contribution in [3.63, 3.8) is 0 Å². The van der Waals surface area contributed by atoms with E-state index in [2.05, 4.69) is 37.1 Å². The molecule has 2 nitrogen and oxygen atoms in total. The molecular weight excluding hydrogens is 242 g/mol. The fraction of sp³-hybridized carbons (Fsp3) is 0.733. The van der Waals surface area contributed by atoms with Gasteiger partial charge < -0.3 is 5.11 Å². The van der Waals surface area contributed by atoms with Gasteiger partial charge in [-0.25, -0.2) is 0 Å². The van der Waals surface area contributed by atoms with Crippen molar-refractivity contribution in [1.29, 1.82) is 0 Å². The highest BCUT2D eigenvalue weighted by molar-refractivity contribution is 7.10. The molecular formula is C15H25NOS. The molecule has 0 aliphatic carbocycles. The first-order chi connectivity index (χ1) is 8.65. The lowest BCUT2D eigenvalue weighted by Gasteiger charge is -2.44. The highest BCUT2D eigenvalue weighted by atomic mass is 32.1. The normalized spacial score (nSPS) is 19.3. The summed E-state index contributed by atoms with van der Waals surface area (Å²) in [6, 6.07) is 2.11. The molecule has 0 bridgehead atoms. The Morgan fingerprint density at radius 2 is 1.94 bits per heavy atom. The quantitative estimate of drug-likeness (QED) is 0.878. The first-order valence-corrected chi connectivity index (χ1v) is 8.00. The number of rotatable bonds is 5. The van der Waals surface area contributed by atoms with Gasteiger partial charge in [-0.2, -0.15) is 0 Å². The molecule has 1 N–H and O–H groups in total. The van der Waals surface area contributed by atoms with Crippen molar-refractivity contribution < 1.29 is 5.11 Å². The van der Waals surface area contributed by atoms with Crippen LogP contribution in [0.25, 0.3) is 0 Å². The summed E-state index contributed by atoms with van der Waals surface area (Å²) in [5.74, 6) is 0. The molecule has 0 aromatic carbocycles. The number of likely N-dealkylation sites (tertiary alicyclic amines) is 1. The Hall–Kier alpha value is -0.380. The number of nitrogens with zero attached hydrogens (tertiary/aromatic N) is 1. The summed E-state index contributed by atoms with van der Waals surface area (Å²) in [6.07, 6.45) is 4.24. The maximum atomic E-state index is 10.9. The van der Waals surface area contributed by atoms with Crippen LogP contribution in [0.5, 0.6) is 0 Å². The Bertz CT molecular complexity index is 378. The van der Waals surface area contributed by atoms with E-state index in [-0.39, 0.29) is 11.6 Å². The van der Waals surface area contributed by atoms with E-state index in [4.69, 9.17) is 0 Å². The Kier molecular flexibility index (Phi) is 4.46. The molecule has 1 aliphatic rings. The minimum atomic E-state index is -0.342. The van der Waals surface area contributed by atoms with E-state index in [1.165, 1.54) is 18.4 Å². The van der Waals surface area contributed by atoms with Crippen LogP contribution >= 0.6 is 11.3 Å². The van der Waals surface area contributed by atoms with Crippen molar-refractivity contribution in [2.75, 3.05) is 13.1 Å². The average molecular weight is 267 g/mol. The lowest BCUT2D eigenvalue weighted by Crippen LogP contribution is -2.50. The largest absolute Gasteiger partial charge is 0.386 e. The lowest BCUT2D eigenvalue weighted by molar-refractivity contribution is -0.0278. The van der Waals surface area contributed by atoms with Crippen LogP contribution in [0.3, 0.4) is 0 Å². The van der Waals surface area contributed by atoms with E-state index in [0.717, 1.165) is 30.8 Å². The topological polar surface area (TPSA) is 23.5 Å². The van der Waals surface area contributed by atoms with E-state index >= 15 is 0 Å². The summed E-state index contributed by atoms with van der Waals surface area (Å²) in [5, 5.41) is 13.0. The van der Waals surface area contributed by atoms with E-state index < -0.39 is 0 Å². The molecule has 1 unspecified atom stereocenters. The third-order valence-corrected chi connectivity index (χ3v) is 5.69. The van der Waals surface area contributed by atoms with Crippen molar-refractivity contribution in [2.45, 2.75) is 58.1 Å². The summed E-state index contributed by atoms with van der Waals surface area (Å²) < 4.78 is 0. The molecule has 2 heterocycles. The smallest absolute Gasteiger partial charge is 0.107 e. The number of hydrogen-bond acceptors (Lipinski definition) is 3. The molecule has 18 heavy (non-hydrogen) atoms. The van der Waals surface area contributed by atoms with Gasteiger partial charge in [0.25, 0.3) is 0 Å². The maximum Gasteiger partial charge on any atom is 0.107 e. The summed E-state index contributed by atoms with van der Waals surface area (Å²) >= 11 is 1.70. The van der Waals surface area contributed by atoms with Gasteiger partial charge in [0, 0.05) is 4.88 Å². The zero-order chi connectivity index (χ0) is 13.2. The monoisotopic (exact) mass is 267 g/mol. The van der Waals surface area contributed by atoms with Gasteiger partial charge in [0.05, 0.1) is 5.54 Å². The molecule has 1 saturated heterocycles. The Labute approximate surface area is 115 Å². The number of aryl methyl sites for hydroxylation is 1. The molecule has 1 aliphatic heterocycles. The molecule has 0 spiro atoms. The Morgan fingerprint density at radius 1 is 1.33 bits per heavy atom. The Balaban J connectivity index is 2.31. The summed E-state index contributed by atoms with van der Waals surface area (Å²) in [5.41, 5.74) is 1.17. The standard InChI is InChI=1S/C15H25NOS/c1-4-15(5-2,16-9-6-7-10-16)14(17)13-12(3)8-11-18-13/h8,11,14,17H,4-7,9-10H2,1-3H3. The SMILES string of the molecule is CCC(CC)(C(O)c1sccc1C)N1CCCC1. The van der Waals surface area contributed by atoms with Crippen molar-refractivity contribution >= 4 is 11.3 Å². The second-order valence-electron chi connectivity index (χ2n) is 5.38. The number of thiophene rings is 1. The maximum absolute atomic E-state index is 10.9. The highest BCUT2D eigenvalue weighted by Crippen LogP contribution is 2.41. The zero-order valence-corrected chi connectivity index (χ0v) is 12.6. The van der Waals surface area contributed by atoms with E-state index in [9.17, 15) is 5.11 Å². The minimum Gasteiger partial charge on any atom is -0.386 e. The van der Waals surface area contributed by atoms with Crippen LogP contribution < -0.4 is 0 Å². The Morgan fingerprint density at radius 3 is 2.39 bits per heavy atom. The van der Waals surface area contributed by atoms with Gasteiger partial charge in [-0.15, -0.1) is 11.3 Å². The number of hydrogen-bond donors (Lipinski definition) is 1. The van der Waals surface area contributed by atoms with Gasteiger partial charge in [-0.1, -0.05) is 13.8 Å². The first kappa shape index (κ1) is 14.0. The average Bonchev–Trinajstić information content (AvgIpc) is 3.02. The fourth-order valence-electron chi connectivity index (χ4n) is 3.33. The molecule has 0 radical (unpaired) electrons. The van der Waals surface area contributed by atoms with Crippen LogP contribution in [0.4, 0.5) is 0 Å². The summed E-state index contributed by atoms with van der Waals surface area (Å²) in [7, 11) is 0. The van der Waals surface area contributed by atoms with Gasteiger partial charge in [0.2, 0.25) is 0 Å². The molecule has 102 valence electrons. The van der Waals surface area contributed by atoms with Crippen LogP contribution in [0.2, 0.25) is 0 Å². The molecule has 0 saturated carbocycles. The summed E-state index contributed by atoms with van der Waals surface area (Å²) in [6.45, 7) is 8.82. The van der Waals surface area contributed by atoms with E-state index in [1.54, 1.807) is 11.3 Å². The third-order valence-electron chi connectivity index (χ3n) is 4.62. The van der Waals surface area contributed by atoms with Crippen LogP contribution in [0, 0.1) is 6.92 Å². The second-order valence-corrected chi connectivity index (χ2v) is 6.32. The van der Waals surface area contributed by atoms with Gasteiger partial charge in [-0.05, 0) is 62.7 Å². The van der Waals surface area contributed by atoms with E-state index in [0.29, 0.717) is 0 Å². The van der Waals surface area contributed by atoms with Crippen molar-refractivity contribution in [3.05, 3.63) is 21.9 Å². The molecule has 2 rings (SSSR count). The molecule has 3 heteroatoms. The van der Waals surface area contributed by atoms with Gasteiger partial charge >= 0.3 is 0 Å². The number of aliphatic hydroxyl groups is 1. The van der Waals surface area contributed by atoms with Crippen LogP contribution in [0.15, 0.2) is 11.4 Å². The molecule has 1 aromatic rings. The number of aliphatic hydroxyl groups excluding tert-OH is 1. The molecule has 1 atom stereocenters. The van der Waals surface area contributed by atoms with Gasteiger partial charge in [0.1, 0.15) is 6.10 Å². The molecule has 1 aromatic heterocycles. The van der Waals surface area contributed by atoms with Crippen molar-refractivity contribution in [3.8, 4) is 0 Å². The van der Waals surface area contributed by atoms with Crippen LogP contribution in [-0.2, 0) is 0 Å². The molecule has 0 amide bonds. The van der Waals surface area contributed by atoms with Crippen molar-refractivity contribution in [1.82, 2.24) is 4.90 Å². The van der Waals surface area contributed by atoms with Crippen LogP contribution in [-0.4, -0.2) is 28.6 Å². The second kappa shape index (κ2) is 5.72. The highest BCUT2D eigenvalue weighted by Gasteiger charge is 2.42. The van der Waals surface area contributed by atoms with Crippen molar-refractivity contribution in [2.24, 2.45) is 0 Å². The van der Waals surface area contributed by atoms with Crippen LogP contribution in [0.1, 0.15) is 56.1 Å².